The Bertz CT molecular complexity index is 1230. The Hall–Kier alpha value is -3.76. The number of nitrogens with two attached hydrogens (primary N) is 2. The maximum absolute atomic E-state index is 14.0. The normalized spacial score (nSPS) is 18.7. The van der Waals surface area contributed by atoms with Crippen LogP contribution in [0.4, 0.5) is 4.39 Å². The van der Waals surface area contributed by atoms with Crippen molar-refractivity contribution in [2.75, 3.05) is 6.54 Å². The third-order valence-corrected chi connectivity index (χ3v) is 6.00. The number of aliphatic imine (C=N–C) groups is 1. The van der Waals surface area contributed by atoms with E-state index < -0.39 is 5.82 Å². The van der Waals surface area contributed by atoms with Crippen LogP contribution in [0.2, 0.25) is 5.02 Å². The highest BCUT2D eigenvalue weighted by Crippen LogP contribution is 2.28. The van der Waals surface area contributed by atoms with E-state index in [0.29, 0.717) is 30.2 Å². The number of halogens is 2. The van der Waals surface area contributed by atoms with Crippen molar-refractivity contribution in [2.24, 2.45) is 16.5 Å². The molecule has 4 N–H and O–H groups in total. The second-order valence-electron chi connectivity index (χ2n) is 8.21. The minimum absolute atomic E-state index is 0.0408. The monoisotopic (exact) mass is 494 g/mol. The fourth-order valence-electron chi connectivity index (χ4n) is 3.86. The lowest BCUT2D eigenvalue weighted by atomic mass is 9.99. The van der Waals surface area contributed by atoms with Gasteiger partial charge in [0.25, 0.3) is 0 Å². The minimum atomic E-state index is -0.575. The molecule has 3 rings (SSSR count). The van der Waals surface area contributed by atoms with Crippen LogP contribution in [0.3, 0.4) is 0 Å². The van der Waals surface area contributed by atoms with Gasteiger partial charge in [0, 0.05) is 17.6 Å². The molecule has 0 amide bonds. The van der Waals surface area contributed by atoms with Gasteiger partial charge in [-0.25, -0.2) is 4.39 Å². The number of hydrogen-bond acceptors (Lipinski definition) is 5. The van der Waals surface area contributed by atoms with Crippen LogP contribution in [0, 0.1) is 17.7 Å². The van der Waals surface area contributed by atoms with E-state index in [2.05, 4.69) is 35.2 Å². The van der Waals surface area contributed by atoms with E-state index in [9.17, 15) is 9.18 Å². The molecule has 35 heavy (non-hydrogen) atoms. The first-order valence-corrected chi connectivity index (χ1v) is 11.5. The van der Waals surface area contributed by atoms with Crippen molar-refractivity contribution in [1.82, 2.24) is 4.90 Å². The fraction of sp³-hybridized carbons (Fsp3) is 0.259. The van der Waals surface area contributed by atoms with Crippen LogP contribution in [-0.2, 0) is 4.79 Å². The molecule has 1 heterocycles. The number of hydrogen-bond donors (Lipinski definition) is 2. The number of amidine groups is 1. The molecule has 2 atom stereocenters. The number of nitrogens with zero attached hydrogens (tertiary/aromatic N) is 2. The second-order valence-corrected chi connectivity index (χ2v) is 8.65. The molecule has 0 radical (unpaired) electrons. The Balaban J connectivity index is 1.78. The molecule has 2 unspecified atom stereocenters. The lowest BCUT2D eigenvalue weighted by molar-refractivity contribution is -0.104. The minimum Gasteiger partial charge on any atom is -0.454 e. The summed E-state index contributed by atoms with van der Waals surface area (Å²) >= 11 is 5.77. The average molecular weight is 495 g/mol. The largest absolute Gasteiger partial charge is 0.454 e. The zero-order chi connectivity index (χ0) is 25.5. The molecule has 8 heteroatoms. The molecule has 0 bridgehead atoms. The molecule has 1 aliphatic rings. The predicted octanol–water partition coefficient (Wildman–Crippen LogP) is 4.89. The third-order valence-electron chi connectivity index (χ3n) is 5.77. The molecule has 2 aromatic rings. The van der Waals surface area contributed by atoms with Crippen molar-refractivity contribution in [2.45, 2.75) is 38.8 Å². The molecule has 1 saturated heterocycles. The van der Waals surface area contributed by atoms with E-state index in [0.717, 1.165) is 18.5 Å². The Labute approximate surface area is 210 Å². The highest BCUT2D eigenvalue weighted by Gasteiger charge is 2.26. The zero-order valence-corrected chi connectivity index (χ0v) is 20.5. The van der Waals surface area contributed by atoms with E-state index in [1.54, 1.807) is 31.2 Å². The highest BCUT2D eigenvalue weighted by atomic mass is 35.5. The van der Waals surface area contributed by atoms with Gasteiger partial charge in [-0.15, -0.1) is 0 Å². The van der Waals surface area contributed by atoms with E-state index in [1.807, 2.05) is 0 Å². The van der Waals surface area contributed by atoms with Crippen molar-refractivity contribution in [3.05, 3.63) is 76.7 Å². The first-order valence-electron chi connectivity index (χ1n) is 11.1. The number of ether oxygens (including phenoxy) is 1. The molecule has 0 spiro atoms. The van der Waals surface area contributed by atoms with Crippen molar-refractivity contribution in [3.8, 4) is 23.3 Å². The number of likely N-dealkylation sites (tertiary alicyclic amines) is 1. The van der Waals surface area contributed by atoms with Gasteiger partial charge < -0.3 is 21.1 Å². The topological polar surface area (TPSA) is 93.9 Å². The van der Waals surface area contributed by atoms with Gasteiger partial charge in [0.05, 0.1) is 23.0 Å². The molecule has 0 aliphatic carbocycles. The number of allylic oxidation sites excluding steroid dienone is 1. The Morgan fingerprint density at radius 3 is 2.60 bits per heavy atom. The van der Waals surface area contributed by atoms with Crippen LogP contribution in [0.1, 0.15) is 32.3 Å². The number of rotatable bonds is 7. The number of piperidine rings is 1. The first-order chi connectivity index (χ1) is 16.7. The predicted molar refractivity (Wildman–Crippen MR) is 138 cm³/mol. The quantitative estimate of drug-likeness (QED) is 0.188. The summed E-state index contributed by atoms with van der Waals surface area (Å²) in [4.78, 5) is 18.6. The molecule has 6 nitrogen and oxygen atoms in total. The molecule has 0 aromatic heterocycles. The van der Waals surface area contributed by atoms with Crippen molar-refractivity contribution in [1.29, 1.82) is 0 Å². The molecule has 1 fully saturated rings. The third kappa shape index (κ3) is 6.43. The van der Waals surface area contributed by atoms with Crippen LogP contribution in [0.15, 0.2) is 65.3 Å². The van der Waals surface area contributed by atoms with E-state index in [1.165, 1.54) is 18.2 Å². The maximum atomic E-state index is 14.0. The smallest absolute Gasteiger partial charge is 0.167 e. The molecular weight excluding hydrogens is 467 g/mol. The summed E-state index contributed by atoms with van der Waals surface area (Å²) in [5.74, 6) is 5.80. The SMILES string of the molecule is C=C(C#CC)N1CC(N=C(N)C(C=O)=C(N)c2ccc(Oc3ccc(Cl)cc3F)cc2)CCC1C. The standard InChI is InChI=1S/C27H28ClFN4O2/c1-4-5-17(2)33-15-21(10-6-18(33)3)32-27(31)23(16-34)26(30)19-7-11-22(12-8-19)35-25-13-9-20(28)14-24(25)29/h7-9,11-14,16,18,21H,2,6,10,15,30H2,1,3H3,(H2,31,32). The van der Waals surface area contributed by atoms with Crippen molar-refractivity contribution in [3.63, 3.8) is 0 Å². The lowest BCUT2D eigenvalue weighted by Gasteiger charge is -2.38. The molecule has 0 saturated carbocycles. The van der Waals surface area contributed by atoms with Crippen LogP contribution >= 0.6 is 11.6 Å². The second kappa shape index (κ2) is 11.6. The van der Waals surface area contributed by atoms with Gasteiger partial charge in [0.15, 0.2) is 17.9 Å². The van der Waals surface area contributed by atoms with E-state index in [4.69, 9.17) is 27.8 Å². The highest BCUT2D eigenvalue weighted by molar-refractivity contribution is 6.30. The molecule has 1 aliphatic heterocycles. The van der Waals surface area contributed by atoms with Gasteiger partial charge in [-0.3, -0.25) is 9.79 Å². The fourth-order valence-corrected chi connectivity index (χ4v) is 4.02. The summed E-state index contributed by atoms with van der Waals surface area (Å²) in [6.45, 7) is 8.54. The van der Waals surface area contributed by atoms with E-state index >= 15 is 0 Å². The van der Waals surface area contributed by atoms with Gasteiger partial charge in [-0.1, -0.05) is 30.0 Å². The number of aldehydes is 1. The van der Waals surface area contributed by atoms with Crippen LogP contribution < -0.4 is 16.2 Å². The molecule has 2 aromatic carbocycles. The van der Waals surface area contributed by atoms with Crippen molar-refractivity contribution >= 4 is 29.4 Å². The number of carbonyl (C=O) groups excluding carboxylic acids is 1. The van der Waals surface area contributed by atoms with Gasteiger partial charge in [-0.2, -0.15) is 0 Å². The summed E-state index contributed by atoms with van der Waals surface area (Å²) in [6.07, 6.45) is 2.33. The van der Waals surface area contributed by atoms with Crippen LogP contribution in [0.5, 0.6) is 11.5 Å². The molecular formula is C27H28ClFN4O2. The summed E-state index contributed by atoms with van der Waals surface area (Å²) in [6, 6.07) is 10.9. The Kier molecular flexibility index (Phi) is 8.56. The first kappa shape index (κ1) is 25.9. The summed E-state index contributed by atoms with van der Waals surface area (Å²) in [5.41, 5.74) is 14.1. The summed E-state index contributed by atoms with van der Waals surface area (Å²) in [5, 5.41) is 0.277. The van der Waals surface area contributed by atoms with Crippen LogP contribution in [-0.4, -0.2) is 35.7 Å². The maximum Gasteiger partial charge on any atom is 0.167 e. The molecule has 182 valence electrons. The summed E-state index contributed by atoms with van der Waals surface area (Å²) < 4.78 is 19.5. The zero-order valence-electron chi connectivity index (χ0n) is 19.7. The number of carbonyl (C=O) groups is 1. The van der Waals surface area contributed by atoms with Crippen molar-refractivity contribution < 1.29 is 13.9 Å². The Morgan fingerprint density at radius 2 is 1.97 bits per heavy atom. The average Bonchev–Trinajstić information content (AvgIpc) is 2.83. The van der Waals surface area contributed by atoms with Gasteiger partial charge in [-0.05, 0) is 74.7 Å². The summed E-state index contributed by atoms with van der Waals surface area (Å²) in [7, 11) is 0. The van der Waals surface area contributed by atoms with Gasteiger partial charge in [0.1, 0.15) is 11.6 Å². The lowest BCUT2D eigenvalue weighted by Crippen LogP contribution is -2.43. The van der Waals surface area contributed by atoms with E-state index in [-0.39, 0.29) is 33.9 Å². The number of benzene rings is 2. The Morgan fingerprint density at radius 1 is 1.26 bits per heavy atom. The van der Waals surface area contributed by atoms with Gasteiger partial charge in [0.2, 0.25) is 0 Å². The van der Waals surface area contributed by atoms with Crippen LogP contribution in [0.25, 0.3) is 5.70 Å². The van der Waals surface area contributed by atoms with Gasteiger partial charge >= 0.3 is 0 Å².